The van der Waals surface area contributed by atoms with Gasteiger partial charge in [-0.15, -0.1) is 0 Å². The van der Waals surface area contributed by atoms with E-state index >= 15 is 0 Å². The van der Waals surface area contributed by atoms with Gasteiger partial charge < -0.3 is 20.1 Å². The standard InChI is InChI=1S/C21H20N2O5/c1-13(20(25)23-18-9-7-17(8-10-18)22-14(2)24)28-21(26)16-11-15-5-3-4-6-19(15)27-12-16/h3-11,13H,12H2,1-2H3,(H,22,24)(H,23,25)/t13-/m1/s1. The van der Waals surface area contributed by atoms with Crippen LogP contribution in [0.2, 0.25) is 0 Å². The van der Waals surface area contributed by atoms with Crippen LogP contribution < -0.4 is 15.4 Å². The first-order chi connectivity index (χ1) is 13.4. The van der Waals surface area contributed by atoms with Crippen LogP contribution in [0.15, 0.2) is 54.1 Å². The van der Waals surface area contributed by atoms with Crippen LogP contribution in [0.4, 0.5) is 11.4 Å². The summed E-state index contributed by atoms with van der Waals surface area (Å²) in [5, 5.41) is 5.31. The number of rotatable bonds is 5. The lowest BCUT2D eigenvalue weighted by Crippen LogP contribution is -2.31. The summed E-state index contributed by atoms with van der Waals surface area (Å²) in [6.07, 6.45) is 0.715. The Balaban J connectivity index is 1.57. The van der Waals surface area contributed by atoms with Gasteiger partial charge in [-0.3, -0.25) is 9.59 Å². The third-order valence-electron chi connectivity index (χ3n) is 4.02. The molecule has 2 N–H and O–H groups in total. The number of carbonyl (C=O) groups excluding carboxylic acids is 3. The number of hydrogen-bond donors (Lipinski definition) is 2. The maximum Gasteiger partial charge on any atom is 0.338 e. The van der Waals surface area contributed by atoms with E-state index in [1.165, 1.54) is 13.8 Å². The molecule has 0 bridgehead atoms. The van der Waals surface area contributed by atoms with Gasteiger partial charge in [0.05, 0.1) is 5.57 Å². The summed E-state index contributed by atoms with van der Waals surface area (Å²) in [6.45, 7) is 3.00. The summed E-state index contributed by atoms with van der Waals surface area (Å²) in [6, 6.07) is 14.0. The molecule has 1 aliphatic rings. The Morgan fingerprint density at radius 1 is 1.00 bits per heavy atom. The van der Waals surface area contributed by atoms with E-state index in [1.807, 2.05) is 24.3 Å². The number of benzene rings is 2. The van der Waals surface area contributed by atoms with Crippen molar-refractivity contribution in [3.63, 3.8) is 0 Å². The number of esters is 1. The summed E-state index contributed by atoms with van der Waals surface area (Å²) in [7, 11) is 0. The fourth-order valence-electron chi connectivity index (χ4n) is 2.61. The van der Waals surface area contributed by atoms with Crippen molar-refractivity contribution >= 4 is 35.2 Å². The van der Waals surface area contributed by atoms with Gasteiger partial charge in [-0.25, -0.2) is 4.79 Å². The summed E-state index contributed by atoms with van der Waals surface area (Å²) < 4.78 is 10.8. The molecule has 0 unspecified atom stereocenters. The Morgan fingerprint density at radius 3 is 2.32 bits per heavy atom. The van der Waals surface area contributed by atoms with Gasteiger partial charge in [0.15, 0.2) is 6.10 Å². The minimum Gasteiger partial charge on any atom is -0.488 e. The van der Waals surface area contributed by atoms with E-state index in [-0.39, 0.29) is 12.5 Å². The zero-order valence-corrected chi connectivity index (χ0v) is 15.5. The largest absolute Gasteiger partial charge is 0.488 e. The molecule has 2 aromatic rings. The highest BCUT2D eigenvalue weighted by molar-refractivity contribution is 5.99. The number of nitrogens with one attached hydrogen (secondary N) is 2. The van der Waals surface area contributed by atoms with Crippen molar-refractivity contribution in [1.82, 2.24) is 0 Å². The van der Waals surface area contributed by atoms with E-state index in [0.29, 0.717) is 22.7 Å². The summed E-state index contributed by atoms with van der Waals surface area (Å²) >= 11 is 0. The average Bonchev–Trinajstić information content (AvgIpc) is 2.68. The molecule has 1 heterocycles. The maximum absolute atomic E-state index is 12.3. The molecular formula is C21H20N2O5. The predicted molar refractivity (Wildman–Crippen MR) is 105 cm³/mol. The third kappa shape index (κ3) is 4.76. The summed E-state index contributed by atoms with van der Waals surface area (Å²) in [5.41, 5.74) is 2.28. The molecule has 0 spiro atoms. The topological polar surface area (TPSA) is 93.7 Å². The molecule has 1 aliphatic heterocycles. The van der Waals surface area contributed by atoms with Crippen LogP contribution in [-0.2, 0) is 19.1 Å². The second-order valence-corrected chi connectivity index (χ2v) is 6.29. The quantitative estimate of drug-likeness (QED) is 0.778. The molecule has 0 fully saturated rings. The molecule has 144 valence electrons. The first-order valence-corrected chi connectivity index (χ1v) is 8.74. The molecule has 28 heavy (non-hydrogen) atoms. The highest BCUT2D eigenvalue weighted by atomic mass is 16.6. The van der Waals surface area contributed by atoms with Gasteiger partial charge in [-0.05, 0) is 43.3 Å². The lowest BCUT2D eigenvalue weighted by molar-refractivity contribution is -0.149. The number of carbonyl (C=O) groups is 3. The van der Waals surface area contributed by atoms with E-state index in [2.05, 4.69) is 10.6 Å². The van der Waals surface area contributed by atoms with Crippen molar-refractivity contribution in [2.75, 3.05) is 17.2 Å². The van der Waals surface area contributed by atoms with Crippen LogP contribution in [0.3, 0.4) is 0 Å². The van der Waals surface area contributed by atoms with Crippen LogP contribution in [0.1, 0.15) is 19.4 Å². The lowest BCUT2D eigenvalue weighted by Gasteiger charge is -2.19. The molecule has 3 rings (SSSR count). The molecule has 0 aromatic heterocycles. The molecular weight excluding hydrogens is 360 g/mol. The first kappa shape index (κ1) is 19.2. The number of hydrogen-bond acceptors (Lipinski definition) is 5. The van der Waals surface area contributed by atoms with Crippen molar-refractivity contribution in [2.24, 2.45) is 0 Å². The van der Waals surface area contributed by atoms with E-state index in [9.17, 15) is 14.4 Å². The van der Waals surface area contributed by atoms with Crippen molar-refractivity contribution in [1.29, 1.82) is 0 Å². The van der Waals surface area contributed by atoms with E-state index in [4.69, 9.17) is 9.47 Å². The second-order valence-electron chi connectivity index (χ2n) is 6.29. The second kappa shape index (κ2) is 8.39. The van der Waals surface area contributed by atoms with Crippen LogP contribution in [-0.4, -0.2) is 30.5 Å². The van der Waals surface area contributed by atoms with Gasteiger partial charge in [0.2, 0.25) is 5.91 Å². The van der Waals surface area contributed by atoms with Crippen molar-refractivity contribution in [2.45, 2.75) is 20.0 Å². The minimum atomic E-state index is -0.986. The molecule has 2 amide bonds. The smallest absolute Gasteiger partial charge is 0.338 e. The number of amides is 2. The van der Waals surface area contributed by atoms with E-state index in [1.54, 1.807) is 30.3 Å². The average molecular weight is 380 g/mol. The number of ether oxygens (including phenoxy) is 2. The van der Waals surface area contributed by atoms with Crippen molar-refractivity contribution in [3.8, 4) is 5.75 Å². The Hall–Kier alpha value is -3.61. The highest BCUT2D eigenvalue weighted by Crippen LogP contribution is 2.26. The monoisotopic (exact) mass is 380 g/mol. The molecule has 0 radical (unpaired) electrons. The van der Waals surface area contributed by atoms with Gasteiger partial charge in [-0.2, -0.15) is 0 Å². The summed E-state index contributed by atoms with van der Waals surface area (Å²) in [4.78, 5) is 35.6. The van der Waals surface area contributed by atoms with Crippen molar-refractivity contribution in [3.05, 3.63) is 59.7 Å². The van der Waals surface area contributed by atoms with Gasteiger partial charge in [0.1, 0.15) is 12.4 Å². The van der Waals surface area contributed by atoms with E-state index in [0.717, 1.165) is 5.56 Å². The van der Waals surface area contributed by atoms with Crippen LogP contribution >= 0.6 is 0 Å². The number of anilines is 2. The Labute approximate surface area is 162 Å². The first-order valence-electron chi connectivity index (χ1n) is 8.74. The minimum absolute atomic E-state index is 0.0921. The fourth-order valence-corrected chi connectivity index (χ4v) is 2.61. The molecule has 2 aromatic carbocycles. The molecule has 0 saturated heterocycles. The predicted octanol–water partition coefficient (Wildman–Crippen LogP) is 2.99. The summed E-state index contributed by atoms with van der Waals surface area (Å²) in [5.74, 6) is -0.537. The highest BCUT2D eigenvalue weighted by Gasteiger charge is 2.23. The molecule has 1 atom stereocenters. The van der Waals surface area contributed by atoms with Crippen LogP contribution in [0, 0.1) is 0 Å². The fraction of sp³-hybridized carbons (Fsp3) is 0.190. The molecule has 0 saturated carbocycles. The van der Waals surface area contributed by atoms with Gasteiger partial charge >= 0.3 is 5.97 Å². The lowest BCUT2D eigenvalue weighted by atomic mass is 10.1. The zero-order chi connectivity index (χ0) is 20.1. The Morgan fingerprint density at radius 2 is 1.64 bits per heavy atom. The van der Waals surface area contributed by atoms with Gasteiger partial charge in [0.25, 0.3) is 5.91 Å². The Kier molecular flexibility index (Phi) is 5.74. The van der Waals surface area contributed by atoms with E-state index < -0.39 is 18.0 Å². The molecule has 0 aliphatic carbocycles. The number of para-hydroxylation sites is 1. The number of fused-ring (bicyclic) bond motifs is 1. The molecule has 7 heteroatoms. The van der Waals surface area contributed by atoms with Gasteiger partial charge in [-0.1, -0.05) is 18.2 Å². The SMILES string of the molecule is CC(=O)Nc1ccc(NC(=O)[C@@H](C)OC(=O)C2=Cc3ccccc3OC2)cc1. The zero-order valence-electron chi connectivity index (χ0n) is 15.5. The third-order valence-corrected chi connectivity index (χ3v) is 4.02. The van der Waals surface area contributed by atoms with Gasteiger partial charge in [0, 0.05) is 23.9 Å². The normalized spacial score (nSPS) is 13.3. The maximum atomic E-state index is 12.3. The van der Waals surface area contributed by atoms with Crippen LogP contribution in [0.5, 0.6) is 5.75 Å². The van der Waals surface area contributed by atoms with Crippen molar-refractivity contribution < 1.29 is 23.9 Å². The molecule has 7 nitrogen and oxygen atoms in total. The Bertz CT molecular complexity index is 934. The van der Waals surface area contributed by atoms with Crippen LogP contribution in [0.25, 0.3) is 6.08 Å².